The number of carbonyl (C=O) groups is 1. The molecule has 2 N–H and O–H groups in total. The Hall–Kier alpha value is -1.84. The lowest BCUT2D eigenvalue weighted by Gasteiger charge is -2.15. The second-order valence-corrected chi connectivity index (χ2v) is 4.23. The molecule has 1 amide bonds. The molecule has 0 saturated carbocycles. The maximum atomic E-state index is 12.1. The number of amides is 1. The van der Waals surface area contributed by atoms with Crippen LogP contribution in [0.4, 0.5) is 5.69 Å². The number of amidine groups is 1. The van der Waals surface area contributed by atoms with Crippen LogP contribution in [0.25, 0.3) is 0 Å². The number of hydrazone groups is 1. The molecule has 1 heterocycles. The number of rotatable bonds is 2. The number of hydrogen-bond donors (Lipinski definition) is 1. The highest BCUT2D eigenvalue weighted by Crippen LogP contribution is 2.26. The molecule has 1 atom stereocenters. The van der Waals surface area contributed by atoms with Crippen molar-refractivity contribution in [2.24, 2.45) is 22.7 Å². The first-order valence-electron chi connectivity index (χ1n) is 5.34. The topological polar surface area (TPSA) is 58.7 Å². The molecule has 4 heteroatoms. The van der Waals surface area contributed by atoms with Crippen molar-refractivity contribution in [1.29, 1.82) is 0 Å². The maximum absolute atomic E-state index is 12.1. The fraction of sp³-hybridized carbons (Fsp3) is 0.333. The summed E-state index contributed by atoms with van der Waals surface area (Å²) < 4.78 is 0. The van der Waals surface area contributed by atoms with Crippen molar-refractivity contribution in [3.63, 3.8) is 0 Å². The highest BCUT2D eigenvalue weighted by Gasteiger charge is 2.37. The van der Waals surface area contributed by atoms with E-state index in [1.165, 1.54) is 5.01 Å². The summed E-state index contributed by atoms with van der Waals surface area (Å²) in [4.78, 5) is 12.1. The van der Waals surface area contributed by atoms with E-state index in [0.29, 0.717) is 5.84 Å². The lowest BCUT2D eigenvalue weighted by molar-refractivity contribution is -0.120. The molecule has 1 aliphatic heterocycles. The molecule has 2 rings (SSSR count). The van der Waals surface area contributed by atoms with E-state index in [-0.39, 0.29) is 17.7 Å². The summed E-state index contributed by atoms with van der Waals surface area (Å²) in [5.41, 5.74) is 6.55. The van der Waals surface area contributed by atoms with Gasteiger partial charge in [-0.15, -0.1) is 0 Å². The normalized spacial score (nSPS) is 20.4. The van der Waals surface area contributed by atoms with Gasteiger partial charge in [0.05, 0.1) is 5.69 Å². The fourth-order valence-corrected chi connectivity index (χ4v) is 1.87. The predicted octanol–water partition coefficient (Wildman–Crippen LogP) is 1.58. The van der Waals surface area contributed by atoms with Crippen LogP contribution in [0, 0.1) is 11.8 Å². The Kier molecular flexibility index (Phi) is 2.64. The third-order valence-corrected chi connectivity index (χ3v) is 2.68. The van der Waals surface area contributed by atoms with E-state index in [2.05, 4.69) is 5.10 Å². The van der Waals surface area contributed by atoms with Crippen molar-refractivity contribution >= 4 is 17.4 Å². The predicted molar refractivity (Wildman–Crippen MR) is 63.9 cm³/mol. The van der Waals surface area contributed by atoms with Crippen molar-refractivity contribution < 1.29 is 4.79 Å². The lowest BCUT2D eigenvalue weighted by atomic mass is 9.95. The Bertz CT molecular complexity index is 425. The Morgan fingerprint density at radius 2 is 1.94 bits per heavy atom. The number of nitrogens with two attached hydrogens (primary N) is 1. The third-order valence-electron chi connectivity index (χ3n) is 2.68. The van der Waals surface area contributed by atoms with Crippen LogP contribution in [-0.2, 0) is 4.79 Å². The molecule has 0 saturated heterocycles. The number of benzene rings is 1. The van der Waals surface area contributed by atoms with Crippen LogP contribution in [0.2, 0.25) is 0 Å². The van der Waals surface area contributed by atoms with E-state index in [9.17, 15) is 4.79 Å². The van der Waals surface area contributed by atoms with Gasteiger partial charge in [-0.2, -0.15) is 10.1 Å². The zero-order valence-electron chi connectivity index (χ0n) is 9.42. The zero-order valence-corrected chi connectivity index (χ0v) is 9.42. The molecule has 16 heavy (non-hydrogen) atoms. The highest BCUT2D eigenvalue weighted by atomic mass is 16.2. The highest BCUT2D eigenvalue weighted by molar-refractivity contribution is 6.14. The Morgan fingerprint density at radius 3 is 2.44 bits per heavy atom. The van der Waals surface area contributed by atoms with Gasteiger partial charge < -0.3 is 5.73 Å². The smallest absolute Gasteiger partial charge is 0.258 e. The molecule has 1 aromatic carbocycles. The average molecular weight is 217 g/mol. The van der Waals surface area contributed by atoms with Crippen LogP contribution in [-0.4, -0.2) is 11.7 Å². The van der Waals surface area contributed by atoms with E-state index < -0.39 is 0 Å². The molecular formula is C12H15N3O. The third kappa shape index (κ3) is 1.66. The molecule has 4 nitrogen and oxygen atoms in total. The van der Waals surface area contributed by atoms with Crippen LogP contribution in [0.1, 0.15) is 13.8 Å². The summed E-state index contributed by atoms with van der Waals surface area (Å²) in [6, 6.07) is 9.33. The molecule has 0 radical (unpaired) electrons. The van der Waals surface area contributed by atoms with E-state index >= 15 is 0 Å². The summed E-state index contributed by atoms with van der Waals surface area (Å²) in [5.74, 6) is 0.243. The van der Waals surface area contributed by atoms with Gasteiger partial charge >= 0.3 is 0 Å². The van der Waals surface area contributed by atoms with Gasteiger partial charge in [-0.3, -0.25) is 4.79 Å². The lowest BCUT2D eigenvalue weighted by Crippen LogP contribution is -2.33. The first kappa shape index (κ1) is 10.7. The second-order valence-electron chi connectivity index (χ2n) is 4.23. The summed E-state index contributed by atoms with van der Waals surface area (Å²) in [6.45, 7) is 3.94. The van der Waals surface area contributed by atoms with Crippen LogP contribution in [0.3, 0.4) is 0 Å². The molecule has 0 aromatic heterocycles. The SMILES string of the molecule is CC(C)C1C(=O)N(c2ccccc2)N=C1N. The Morgan fingerprint density at radius 1 is 1.31 bits per heavy atom. The van der Waals surface area contributed by atoms with Crippen molar-refractivity contribution in [2.75, 3.05) is 5.01 Å². The maximum Gasteiger partial charge on any atom is 0.258 e. The number of carbonyl (C=O) groups excluding carboxylic acids is 1. The molecule has 0 spiro atoms. The molecular weight excluding hydrogens is 202 g/mol. The zero-order chi connectivity index (χ0) is 11.7. The van der Waals surface area contributed by atoms with Crippen molar-refractivity contribution in [3.05, 3.63) is 30.3 Å². The van der Waals surface area contributed by atoms with Gasteiger partial charge in [-0.05, 0) is 18.1 Å². The van der Waals surface area contributed by atoms with Crippen molar-refractivity contribution in [1.82, 2.24) is 0 Å². The molecule has 1 aromatic rings. The molecule has 84 valence electrons. The summed E-state index contributed by atoms with van der Waals surface area (Å²) >= 11 is 0. The van der Waals surface area contributed by atoms with Crippen LogP contribution < -0.4 is 10.7 Å². The number of nitrogens with zero attached hydrogens (tertiary/aromatic N) is 2. The summed E-state index contributed by atoms with van der Waals surface area (Å²) in [5, 5.41) is 5.51. The van der Waals surface area contributed by atoms with Gasteiger partial charge in [-0.1, -0.05) is 32.0 Å². The van der Waals surface area contributed by atoms with Crippen LogP contribution in [0.5, 0.6) is 0 Å². The first-order chi connectivity index (χ1) is 7.61. The quantitative estimate of drug-likeness (QED) is 0.817. The molecule has 0 bridgehead atoms. The number of hydrogen-bond acceptors (Lipinski definition) is 3. The van der Waals surface area contributed by atoms with Gasteiger partial charge in [0.1, 0.15) is 11.8 Å². The molecule has 1 unspecified atom stereocenters. The van der Waals surface area contributed by atoms with E-state index in [4.69, 9.17) is 5.73 Å². The monoisotopic (exact) mass is 217 g/mol. The van der Waals surface area contributed by atoms with E-state index in [1.54, 1.807) is 0 Å². The van der Waals surface area contributed by atoms with E-state index in [0.717, 1.165) is 5.69 Å². The van der Waals surface area contributed by atoms with E-state index in [1.807, 2.05) is 44.2 Å². The minimum absolute atomic E-state index is 0.0429. The Labute approximate surface area is 94.7 Å². The van der Waals surface area contributed by atoms with Gasteiger partial charge in [0.15, 0.2) is 0 Å². The standard InChI is InChI=1S/C12H15N3O/c1-8(2)10-11(13)14-15(12(10)16)9-6-4-3-5-7-9/h3-8,10H,1-2H3,(H2,13,14). The second kappa shape index (κ2) is 3.96. The van der Waals surface area contributed by atoms with Gasteiger partial charge in [0, 0.05) is 0 Å². The van der Waals surface area contributed by atoms with Gasteiger partial charge in [-0.25, -0.2) is 0 Å². The average Bonchev–Trinajstić information content (AvgIpc) is 2.55. The molecule has 0 fully saturated rings. The Balaban J connectivity index is 2.31. The van der Waals surface area contributed by atoms with Crippen LogP contribution in [0.15, 0.2) is 35.4 Å². The van der Waals surface area contributed by atoms with Crippen molar-refractivity contribution in [2.45, 2.75) is 13.8 Å². The molecule has 1 aliphatic rings. The summed E-state index contributed by atoms with van der Waals surface area (Å²) in [6.07, 6.45) is 0. The van der Waals surface area contributed by atoms with Crippen molar-refractivity contribution in [3.8, 4) is 0 Å². The minimum Gasteiger partial charge on any atom is -0.385 e. The molecule has 0 aliphatic carbocycles. The largest absolute Gasteiger partial charge is 0.385 e. The minimum atomic E-state index is -0.291. The number of anilines is 1. The fourth-order valence-electron chi connectivity index (χ4n) is 1.87. The van der Waals surface area contributed by atoms with Gasteiger partial charge in [0.2, 0.25) is 0 Å². The number of para-hydroxylation sites is 1. The summed E-state index contributed by atoms with van der Waals surface area (Å²) in [7, 11) is 0. The van der Waals surface area contributed by atoms with Gasteiger partial charge in [0.25, 0.3) is 5.91 Å². The van der Waals surface area contributed by atoms with Crippen LogP contribution >= 0.6 is 0 Å². The first-order valence-corrected chi connectivity index (χ1v) is 5.34.